The lowest BCUT2D eigenvalue weighted by molar-refractivity contribution is 0.0932. The number of nitrogens with zero attached hydrogens (tertiary/aromatic N) is 1. The maximum Gasteiger partial charge on any atom is 0.273 e. The molecule has 1 amide bonds. The quantitative estimate of drug-likeness (QED) is 0.880. The van der Waals surface area contributed by atoms with Gasteiger partial charge in [-0.1, -0.05) is 5.16 Å². The minimum Gasteiger partial charge on any atom is -0.494 e. The summed E-state index contributed by atoms with van der Waals surface area (Å²) in [5.74, 6) is 0.859. The molecule has 3 rings (SSSR count). The number of benzene rings is 1. The Bertz CT molecular complexity index is 826. The van der Waals surface area contributed by atoms with Gasteiger partial charge in [0.05, 0.1) is 18.1 Å². The second-order valence-corrected chi connectivity index (χ2v) is 7.84. The minimum atomic E-state index is -3.04. The van der Waals surface area contributed by atoms with E-state index < -0.39 is 15.7 Å². The van der Waals surface area contributed by atoms with E-state index in [1.54, 1.807) is 0 Å². The molecule has 7 nitrogen and oxygen atoms in total. The molecule has 2 heterocycles. The van der Waals surface area contributed by atoms with Crippen molar-refractivity contribution < 1.29 is 22.5 Å². The van der Waals surface area contributed by atoms with E-state index in [0.717, 1.165) is 11.3 Å². The van der Waals surface area contributed by atoms with Crippen molar-refractivity contribution in [2.75, 3.05) is 18.1 Å². The molecule has 0 aliphatic carbocycles. The molecule has 128 valence electrons. The van der Waals surface area contributed by atoms with Crippen LogP contribution in [0.1, 0.15) is 23.8 Å². The van der Waals surface area contributed by atoms with Crippen molar-refractivity contribution in [3.05, 3.63) is 36.0 Å². The third-order valence-electron chi connectivity index (χ3n) is 3.76. The first-order valence-corrected chi connectivity index (χ1v) is 9.50. The molecule has 1 aliphatic rings. The Morgan fingerprint density at radius 1 is 1.38 bits per heavy atom. The summed E-state index contributed by atoms with van der Waals surface area (Å²) < 4.78 is 33.4. The summed E-state index contributed by atoms with van der Waals surface area (Å²) in [6, 6.07) is 8.42. The van der Waals surface area contributed by atoms with Crippen LogP contribution in [0.15, 0.2) is 34.9 Å². The van der Waals surface area contributed by atoms with E-state index in [2.05, 4.69) is 10.5 Å². The molecule has 8 heteroatoms. The summed E-state index contributed by atoms with van der Waals surface area (Å²) in [5.41, 5.74) is 0.900. The van der Waals surface area contributed by atoms with E-state index in [1.165, 1.54) is 6.07 Å². The molecule has 0 radical (unpaired) electrons. The number of ether oxygens (including phenoxy) is 1. The molecule has 1 aliphatic heterocycles. The maximum absolute atomic E-state index is 12.1. The number of carbonyl (C=O) groups excluding carboxylic acids is 1. The van der Waals surface area contributed by atoms with Crippen molar-refractivity contribution in [3.63, 3.8) is 0 Å². The van der Waals surface area contributed by atoms with Crippen molar-refractivity contribution >= 4 is 15.7 Å². The third-order valence-corrected chi connectivity index (χ3v) is 5.53. The Kier molecular flexibility index (Phi) is 4.57. The fourth-order valence-electron chi connectivity index (χ4n) is 2.57. The fraction of sp³-hybridized carbons (Fsp3) is 0.375. The zero-order chi connectivity index (χ0) is 17.2. The number of sulfone groups is 1. The molecule has 2 aromatic rings. The molecule has 0 bridgehead atoms. The molecule has 0 spiro atoms. The highest BCUT2D eigenvalue weighted by atomic mass is 32.2. The summed E-state index contributed by atoms with van der Waals surface area (Å²) in [7, 11) is -3.04. The van der Waals surface area contributed by atoms with Crippen molar-refractivity contribution in [1.82, 2.24) is 10.5 Å². The van der Waals surface area contributed by atoms with Gasteiger partial charge in [0.2, 0.25) is 0 Å². The number of aromatic nitrogens is 1. The van der Waals surface area contributed by atoms with Gasteiger partial charge in [0.15, 0.2) is 21.3 Å². The highest BCUT2D eigenvalue weighted by Crippen LogP contribution is 2.23. The first-order chi connectivity index (χ1) is 11.5. The van der Waals surface area contributed by atoms with Gasteiger partial charge in [-0.15, -0.1) is 0 Å². The van der Waals surface area contributed by atoms with Gasteiger partial charge in [0.1, 0.15) is 5.75 Å². The SMILES string of the molecule is CCOc1ccc(-c2cc(C(=O)NC3CCS(=O)(=O)C3)no2)cc1. The lowest BCUT2D eigenvalue weighted by Crippen LogP contribution is -2.35. The Morgan fingerprint density at radius 2 is 2.12 bits per heavy atom. The molecule has 1 saturated heterocycles. The molecule has 1 unspecified atom stereocenters. The molecule has 1 aromatic carbocycles. The highest BCUT2D eigenvalue weighted by molar-refractivity contribution is 7.91. The predicted molar refractivity (Wildman–Crippen MR) is 87.6 cm³/mol. The van der Waals surface area contributed by atoms with Crippen LogP contribution < -0.4 is 10.1 Å². The highest BCUT2D eigenvalue weighted by Gasteiger charge is 2.29. The van der Waals surface area contributed by atoms with Gasteiger partial charge in [-0.25, -0.2) is 8.42 Å². The first kappa shape index (κ1) is 16.5. The monoisotopic (exact) mass is 350 g/mol. The maximum atomic E-state index is 12.1. The second kappa shape index (κ2) is 6.64. The van der Waals surface area contributed by atoms with Crippen molar-refractivity contribution in [2.45, 2.75) is 19.4 Å². The Morgan fingerprint density at radius 3 is 2.75 bits per heavy atom. The summed E-state index contributed by atoms with van der Waals surface area (Å²) in [5, 5.41) is 6.44. The number of hydrogen-bond donors (Lipinski definition) is 1. The molecule has 0 saturated carbocycles. The Labute approximate surface area is 139 Å². The normalized spacial score (nSPS) is 19.1. The molecule has 1 N–H and O–H groups in total. The minimum absolute atomic E-state index is 0.0255. The summed E-state index contributed by atoms with van der Waals surface area (Å²) >= 11 is 0. The van der Waals surface area contributed by atoms with Gasteiger partial charge >= 0.3 is 0 Å². The van der Waals surface area contributed by atoms with Crippen LogP contribution in [-0.2, 0) is 9.84 Å². The summed E-state index contributed by atoms with van der Waals surface area (Å²) in [4.78, 5) is 12.1. The van der Waals surface area contributed by atoms with Gasteiger partial charge in [0.25, 0.3) is 5.91 Å². The van der Waals surface area contributed by atoms with Crippen LogP contribution >= 0.6 is 0 Å². The molecule has 1 atom stereocenters. The van der Waals surface area contributed by atoms with E-state index in [0.29, 0.717) is 18.8 Å². The number of hydrogen-bond acceptors (Lipinski definition) is 6. The van der Waals surface area contributed by atoms with Crippen LogP contribution in [0.5, 0.6) is 5.75 Å². The second-order valence-electron chi connectivity index (χ2n) is 5.61. The van der Waals surface area contributed by atoms with Crippen LogP contribution in [0.2, 0.25) is 0 Å². The van der Waals surface area contributed by atoms with Crippen molar-refractivity contribution in [3.8, 4) is 17.1 Å². The van der Waals surface area contributed by atoms with Crippen LogP contribution in [0.25, 0.3) is 11.3 Å². The Balaban J connectivity index is 1.67. The third kappa shape index (κ3) is 3.76. The standard InChI is InChI=1S/C16H18N2O5S/c1-2-22-13-5-3-11(4-6-13)15-9-14(18-23-15)16(19)17-12-7-8-24(20,21)10-12/h3-6,9,12H,2,7-8,10H2,1H3,(H,17,19). The number of carbonyl (C=O) groups is 1. The van der Waals surface area contributed by atoms with E-state index in [1.807, 2.05) is 31.2 Å². The molecule has 1 aromatic heterocycles. The summed E-state index contributed by atoms with van der Waals surface area (Å²) in [6.45, 7) is 2.49. The van der Waals surface area contributed by atoms with E-state index in [4.69, 9.17) is 9.26 Å². The molecule has 1 fully saturated rings. The lowest BCUT2D eigenvalue weighted by Gasteiger charge is -2.08. The van der Waals surface area contributed by atoms with Gasteiger partial charge in [0, 0.05) is 17.7 Å². The van der Waals surface area contributed by atoms with E-state index >= 15 is 0 Å². The Hall–Kier alpha value is -2.35. The van der Waals surface area contributed by atoms with Gasteiger partial charge in [-0.3, -0.25) is 4.79 Å². The average Bonchev–Trinajstić information content (AvgIpc) is 3.15. The van der Waals surface area contributed by atoms with E-state index in [-0.39, 0.29) is 23.2 Å². The fourth-order valence-corrected chi connectivity index (χ4v) is 4.24. The number of nitrogens with one attached hydrogen (secondary N) is 1. The van der Waals surface area contributed by atoms with Crippen molar-refractivity contribution in [2.24, 2.45) is 0 Å². The molecular weight excluding hydrogens is 332 g/mol. The van der Waals surface area contributed by atoms with Crippen LogP contribution in [-0.4, -0.2) is 43.6 Å². The van der Waals surface area contributed by atoms with Crippen LogP contribution in [0.4, 0.5) is 0 Å². The zero-order valence-electron chi connectivity index (χ0n) is 13.2. The van der Waals surface area contributed by atoms with Gasteiger partial charge in [-0.05, 0) is 37.6 Å². The van der Waals surface area contributed by atoms with Crippen LogP contribution in [0, 0.1) is 0 Å². The number of amides is 1. The van der Waals surface area contributed by atoms with Crippen LogP contribution in [0.3, 0.4) is 0 Å². The largest absolute Gasteiger partial charge is 0.494 e. The van der Waals surface area contributed by atoms with E-state index in [9.17, 15) is 13.2 Å². The predicted octanol–water partition coefficient (Wildman–Crippen LogP) is 1.66. The molecule has 24 heavy (non-hydrogen) atoms. The lowest BCUT2D eigenvalue weighted by atomic mass is 10.1. The number of rotatable bonds is 5. The van der Waals surface area contributed by atoms with Gasteiger partial charge in [-0.2, -0.15) is 0 Å². The van der Waals surface area contributed by atoms with Crippen molar-refractivity contribution in [1.29, 1.82) is 0 Å². The zero-order valence-corrected chi connectivity index (χ0v) is 14.0. The average molecular weight is 350 g/mol. The topological polar surface area (TPSA) is 98.5 Å². The van der Waals surface area contributed by atoms with Gasteiger partial charge < -0.3 is 14.6 Å². The molecular formula is C16H18N2O5S. The smallest absolute Gasteiger partial charge is 0.273 e. The first-order valence-electron chi connectivity index (χ1n) is 7.68. The summed E-state index contributed by atoms with van der Waals surface area (Å²) in [6.07, 6.45) is 0.428.